The van der Waals surface area contributed by atoms with Crippen molar-refractivity contribution in [3.05, 3.63) is 35.5 Å². The van der Waals surface area contributed by atoms with Gasteiger partial charge in [0.2, 0.25) is 0 Å². The third-order valence-electron chi connectivity index (χ3n) is 4.82. The molecule has 25 heavy (non-hydrogen) atoms. The molecule has 0 spiro atoms. The maximum atomic E-state index is 5.49. The van der Waals surface area contributed by atoms with Gasteiger partial charge in [0.15, 0.2) is 5.96 Å². The van der Waals surface area contributed by atoms with E-state index in [0.29, 0.717) is 5.92 Å². The summed E-state index contributed by atoms with van der Waals surface area (Å²) in [5, 5.41) is 4.72. The monoisotopic (exact) mass is 342 g/mol. The van der Waals surface area contributed by atoms with Gasteiger partial charge in [-0.15, -0.1) is 0 Å². The van der Waals surface area contributed by atoms with Crippen LogP contribution >= 0.6 is 0 Å². The van der Waals surface area contributed by atoms with Crippen LogP contribution in [-0.2, 0) is 11.2 Å². The number of benzene rings is 1. The summed E-state index contributed by atoms with van der Waals surface area (Å²) < 4.78 is 5.49. The number of aromatic amines is 1. The Morgan fingerprint density at radius 3 is 3.08 bits per heavy atom. The Morgan fingerprint density at radius 1 is 1.44 bits per heavy atom. The number of guanidine groups is 1. The minimum Gasteiger partial charge on any atom is -0.381 e. The lowest BCUT2D eigenvalue weighted by molar-refractivity contribution is 0.181. The van der Waals surface area contributed by atoms with E-state index < -0.39 is 0 Å². The van der Waals surface area contributed by atoms with Gasteiger partial charge < -0.3 is 19.9 Å². The SMILES string of the molecule is CCNC(=NCCc1c[nH]c2cc(C)ccc12)N(C)CC1CCOC1. The van der Waals surface area contributed by atoms with Crippen LogP contribution < -0.4 is 5.32 Å². The summed E-state index contributed by atoms with van der Waals surface area (Å²) in [7, 11) is 2.12. The summed E-state index contributed by atoms with van der Waals surface area (Å²) in [6.07, 6.45) is 4.21. The van der Waals surface area contributed by atoms with Crippen molar-refractivity contribution in [2.75, 3.05) is 39.9 Å². The number of hydrogen-bond acceptors (Lipinski definition) is 2. The van der Waals surface area contributed by atoms with Gasteiger partial charge in [0, 0.05) is 56.3 Å². The van der Waals surface area contributed by atoms with Crippen molar-refractivity contribution >= 4 is 16.9 Å². The van der Waals surface area contributed by atoms with Gasteiger partial charge in [-0.05, 0) is 43.9 Å². The van der Waals surface area contributed by atoms with E-state index >= 15 is 0 Å². The lowest BCUT2D eigenvalue weighted by atomic mass is 10.1. The van der Waals surface area contributed by atoms with Crippen LogP contribution in [0.3, 0.4) is 0 Å². The molecular weight excluding hydrogens is 312 g/mol. The van der Waals surface area contributed by atoms with Gasteiger partial charge in [-0.25, -0.2) is 0 Å². The van der Waals surface area contributed by atoms with Gasteiger partial charge in [0.25, 0.3) is 0 Å². The first-order chi connectivity index (χ1) is 12.2. The second-order valence-electron chi connectivity index (χ2n) is 6.96. The molecule has 2 aromatic rings. The number of rotatable bonds is 6. The molecule has 1 aliphatic rings. The van der Waals surface area contributed by atoms with Crippen LogP contribution in [-0.4, -0.2) is 55.7 Å². The summed E-state index contributed by atoms with van der Waals surface area (Å²) in [5.74, 6) is 1.61. The predicted octanol–water partition coefficient (Wildman–Crippen LogP) is 2.95. The van der Waals surface area contributed by atoms with Crippen molar-refractivity contribution in [3.63, 3.8) is 0 Å². The largest absolute Gasteiger partial charge is 0.381 e. The van der Waals surface area contributed by atoms with E-state index in [9.17, 15) is 0 Å². The van der Waals surface area contributed by atoms with E-state index in [1.54, 1.807) is 0 Å². The standard InChI is InChI=1S/C20H30N4O/c1-4-21-20(24(3)13-16-8-10-25-14-16)22-9-7-17-12-23-19-11-15(2)5-6-18(17)19/h5-6,11-12,16,23H,4,7-10,13-14H2,1-3H3,(H,21,22). The third kappa shape index (κ3) is 4.54. The maximum absolute atomic E-state index is 5.49. The number of ether oxygens (including phenoxy) is 1. The van der Waals surface area contributed by atoms with Crippen LogP contribution in [0, 0.1) is 12.8 Å². The molecule has 5 nitrogen and oxygen atoms in total. The zero-order valence-corrected chi connectivity index (χ0v) is 15.6. The van der Waals surface area contributed by atoms with Crippen molar-refractivity contribution < 1.29 is 4.74 Å². The maximum Gasteiger partial charge on any atom is 0.193 e. The minimum absolute atomic E-state index is 0.616. The van der Waals surface area contributed by atoms with Gasteiger partial charge in [-0.2, -0.15) is 0 Å². The molecule has 1 unspecified atom stereocenters. The third-order valence-corrected chi connectivity index (χ3v) is 4.82. The van der Waals surface area contributed by atoms with Crippen LogP contribution in [0.2, 0.25) is 0 Å². The molecule has 0 aliphatic carbocycles. The Kier molecular flexibility index (Phi) is 5.97. The Balaban J connectivity index is 1.62. The quantitative estimate of drug-likeness (QED) is 0.627. The van der Waals surface area contributed by atoms with Crippen molar-refractivity contribution in [1.29, 1.82) is 0 Å². The Hall–Kier alpha value is -2.01. The summed E-state index contributed by atoms with van der Waals surface area (Å²) in [5.41, 5.74) is 3.83. The molecule has 1 aliphatic heterocycles. The topological polar surface area (TPSA) is 52.7 Å². The highest BCUT2D eigenvalue weighted by molar-refractivity contribution is 5.84. The molecule has 2 N–H and O–H groups in total. The lowest BCUT2D eigenvalue weighted by Gasteiger charge is -2.24. The Bertz CT molecular complexity index is 716. The summed E-state index contributed by atoms with van der Waals surface area (Å²) in [4.78, 5) is 10.4. The summed E-state index contributed by atoms with van der Waals surface area (Å²) >= 11 is 0. The van der Waals surface area contributed by atoms with Crippen molar-refractivity contribution in [3.8, 4) is 0 Å². The molecule has 0 radical (unpaired) electrons. The molecule has 136 valence electrons. The normalized spacial score (nSPS) is 18.0. The molecule has 1 fully saturated rings. The number of H-pyrrole nitrogens is 1. The molecule has 3 rings (SSSR count). The zero-order valence-electron chi connectivity index (χ0n) is 15.6. The van der Waals surface area contributed by atoms with Gasteiger partial charge in [-0.1, -0.05) is 12.1 Å². The number of aromatic nitrogens is 1. The number of aryl methyl sites for hydroxylation is 1. The fraction of sp³-hybridized carbons (Fsp3) is 0.550. The second-order valence-corrected chi connectivity index (χ2v) is 6.96. The van der Waals surface area contributed by atoms with Crippen molar-refractivity contribution in [1.82, 2.24) is 15.2 Å². The number of nitrogens with one attached hydrogen (secondary N) is 2. The Morgan fingerprint density at radius 2 is 2.32 bits per heavy atom. The number of nitrogens with zero attached hydrogens (tertiary/aromatic N) is 2. The number of aliphatic imine (C=N–C) groups is 1. The highest BCUT2D eigenvalue weighted by Crippen LogP contribution is 2.20. The smallest absolute Gasteiger partial charge is 0.193 e. The van der Waals surface area contributed by atoms with Crippen LogP contribution in [0.15, 0.2) is 29.4 Å². The second kappa shape index (κ2) is 8.39. The molecule has 0 amide bonds. The molecule has 5 heteroatoms. The first kappa shape index (κ1) is 17.8. The van der Waals surface area contributed by atoms with E-state index in [0.717, 1.165) is 51.6 Å². The average Bonchev–Trinajstić information content (AvgIpc) is 3.23. The summed E-state index contributed by atoms with van der Waals surface area (Å²) in [6, 6.07) is 6.58. The zero-order chi connectivity index (χ0) is 17.6. The molecule has 0 saturated carbocycles. The molecule has 1 aromatic carbocycles. The first-order valence-corrected chi connectivity index (χ1v) is 9.31. The van der Waals surface area contributed by atoms with E-state index in [2.05, 4.69) is 60.5 Å². The van der Waals surface area contributed by atoms with Crippen LogP contribution in [0.5, 0.6) is 0 Å². The van der Waals surface area contributed by atoms with Gasteiger partial charge in [0.1, 0.15) is 0 Å². The minimum atomic E-state index is 0.616. The molecular formula is C20H30N4O. The van der Waals surface area contributed by atoms with Crippen molar-refractivity contribution in [2.45, 2.75) is 26.7 Å². The van der Waals surface area contributed by atoms with E-state index in [1.807, 2.05) is 0 Å². The Labute approximate surface area is 150 Å². The van der Waals surface area contributed by atoms with Crippen LogP contribution in [0.4, 0.5) is 0 Å². The van der Waals surface area contributed by atoms with E-state index in [1.165, 1.54) is 22.0 Å². The highest BCUT2D eigenvalue weighted by atomic mass is 16.5. The average molecular weight is 342 g/mol. The number of hydrogen-bond donors (Lipinski definition) is 2. The fourth-order valence-electron chi connectivity index (χ4n) is 3.46. The molecule has 1 aromatic heterocycles. The molecule has 1 atom stereocenters. The molecule has 2 heterocycles. The van der Waals surface area contributed by atoms with Crippen LogP contribution in [0.1, 0.15) is 24.5 Å². The fourth-order valence-corrected chi connectivity index (χ4v) is 3.46. The van der Waals surface area contributed by atoms with Gasteiger partial charge in [0.05, 0.1) is 6.61 Å². The first-order valence-electron chi connectivity index (χ1n) is 9.31. The van der Waals surface area contributed by atoms with E-state index in [-0.39, 0.29) is 0 Å². The van der Waals surface area contributed by atoms with E-state index in [4.69, 9.17) is 9.73 Å². The summed E-state index contributed by atoms with van der Waals surface area (Å²) in [6.45, 7) is 8.68. The van der Waals surface area contributed by atoms with Crippen molar-refractivity contribution in [2.24, 2.45) is 10.9 Å². The highest BCUT2D eigenvalue weighted by Gasteiger charge is 2.19. The van der Waals surface area contributed by atoms with Crippen LogP contribution in [0.25, 0.3) is 10.9 Å². The molecule has 1 saturated heterocycles. The molecule has 0 bridgehead atoms. The predicted molar refractivity (Wildman–Crippen MR) is 104 cm³/mol. The van der Waals surface area contributed by atoms with Gasteiger partial charge >= 0.3 is 0 Å². The van der Waals surface area contributed by atoms with Gasteiger partial charge in [-0.3, -0.25) is 4.99 Å². The number of fused-ring (bicyclic) bond motifs is 1. The lowest BCUT2D eigenvalue weighted by Crippen LogP contribution is -2.41.